The van der Waals surface area contributed by atoms with Crippen molar-refractivity contribution in [2.75, 3.05) is 0 Å². The van der Waals surface area contributed by atoms with Gasteiger partial charge in [0.2, 0.25) is 0 Å². The lowest BCUT2D eigenvalue weighted by Crippen LogP contribution is -2.60. The Bertz CT molecular complexity index is 1280. The fourth-order valence-corrected chi connectivity index (χ4v) is 7.22. The highest BCUT2D eigenvalue weighted by Gasteiger charge is 2.79. The SMILES string of the molecule is CC1=C(C)C[C@]23C(=O)OC(=O)[C@@]2(C1)[C@@H]1c2ccccc2[C@H]3c2cc(C(F)(F)F)c(C(F)(F)F)cc21. The molecule has 7 rings (SSSR count). The number of hydrogen-bond acceptors (Lipinski definition) is 3. The van der Waals surface area contributed by atoms with Crippen LogP contribution in [0.1, 0.15) is 71.9 Å². The molecule has 1 aliphatic heterocycles. The van der Waals surface area contributed by atoms with E-state index in [9.17, 15) is 35.9 Å². The van der Waals surface area contributed by atoms with E-state index in [-0.39, 0.29) is 24.0 Å². The Morgan fingerprint density at radius 1 is 0.714 bits per heavy atom. The van der Waals surface area contributed by atoms with Crippen LogP contribution in [0.3, 0.4) is 0 Å². The van der Waals surface area contributed by atoms with Crippen molar-refractivity contribution in [1.29, 1.82) is 0 Å². The summed E-state index contributed by atoms with van der Waals surface area (Å²) in [6.45, 7) is 3.60. The minimum absolute atomic E-state index is 0.00338. The summed E-state index contributed by atoms with van der Waals surface area (Å²) in [7, 11) is 0. The zero-order valence-corrected chi connectivity index (χ0v) is 18.5. The zero-order valence-electron chi connectivity index (χ0n) is 18.5. The van der Waals surface area contributed by atoms with Crippen molar-refractivity contribution in [3.63, 3.8) is 0 Å². The fourth-order valence-electron chi connectivity index (χ4n) is 7.22. The molecule has 1 fully saturated rings. The molecular weight excluding hydrogens is 474 g/mol. The molecule has 0 amide bonds. The Kier molecular flexibility index (Phi) is 4.07. The van der Waals surface area contributed by atoms with Crippen LogP contribution in [0, 0.1) is 10.8 Å². The summed E-state index contributed by atoms with van der Waals surface area (Å²) < 4.78 is 88.5. The van der Waals surface area contributed by atoms with Crippen LogP contribution in [0.5, 0.6) is 0 Å². The number of cyclic esters (lactones) is 2. The van der Waals surface area contributed by atoms with Gasteiger partial charge in [-0.05, 0) is 61.1 Å². The van der Waals surface area contributed by atoms with Crippen molar-refractivity contribution in [3.8, 4) is 0 Å². The molecule has 0 radical (unpaired) electrons. The average Bonchev–Trinajstić information content (AvgIpc) is 2.98. The molecule has 0 spiro atoms. The molecule has 5 aliphatic rings. The minimum atomic E-state index is -5.27. The maximum Gasteiger partial charge on any atom is 0.417 e. The van der Waals surface area contributed by atoms with Crippen LogP contribution in [0.2, 0.25) is 0 Å². The first-order chi connectivity index (χ1) is 16.2. The maximum atomic E-state index is 13.9. The number of rotatable bonds is 0. The number of halogens is 6. The van der Waals surface area contributed by atoms with E-state index in [1.54, 1.807) is 38.1 Å². The molecule has 0 aromatic heterocycles. The van der Waals surface area contributed by atoms with E-state index in [0.29, 0.717) is 23.3 Å². The number of esters is 2. The predicted molar refractivity (Wildman–Crippen MR) is 110 cm³/mol. The van der Waals surface area contributed by atoms with Crippen LogP contribution in [0.4, 0.5) is 26.3 Å². The van der Waals surface area contributed by atoms with Gasteiger partial charge in [0.25, 0.3) is 0 Å². The van der Waals surface area contributed by atoms with Gasteiger partial charge in [-0.1, -0.05) is 35.4 Å². The van der Waals surface area contributed by atoms with Gasteiger partial charge in [-0.2, -0.15) is 26.3 Å². The van der Waals surface area contributed by atoms with Crippen LogP contribution < -0.4 is 0 Å². The van der Waals surface area contributed by atoms with Gasteiger partial charge in [0.05, 0.1) is 11.1 Å². The normalized spacial score (nSPS) is 31.1. The topological polar surface area (TPSA) is 43.4 Å². The molecule has 3 nitrogen and oxygen atoms in total. The Morgan fingerprint density at radius 3 is 1.43 bits per heavy atom. The number of carbonyl (C=O) groups is 2. The van der Waals surface area contributed by atoms with E-state index in [1.165, 1.54) is 0 Å². The second-order valence-corrected chi connectivity index (χ2v) is 10.1. The standard InChI is InChI=1S/C26H18F6O3/c1-11-9-23-19-13-5-3-4-6-14(13)20(24(23,10-12(11)2)22(34)35-21(23)33)16-8-18(26(30,31)32)17(7-15(16)19)25(27,28)29/h3-8,19-20H,9-10H2,1-2H3/t19-,20+,23-,24+. The molecule has 2 aromatic rings. The summed E-state index contributed by atoms with van der Waals surface area (Å²) in [5.74, 6) is -3.75. The summed E-state index contributed by atoms with van der Waals surface area (Å²) in [6.07, 6.45) is -10.4. The van der Waals surface area contributed by atoms with E-state index in [0.717, 1.165) is 11.1 Å². The van der Waals surface area contributed by atoms with Gasteiger partial charge in [0.1, 0.15) is 10.8 Å². The van der Waals surface area contributed by atoms with Crippen LogP contribution in [-0.4, -0.2) is 11.9 Å². The van der Waals surface area contributed by atoms with Gasteiger partial charge in [0, 0.05) is 11.8 Å². The highest BCUT2D eigenvalue weighted by atomic mass is 19.4. The van der Waals surface area contributed by atoms with E-state index < -0.39 is 58.1 Å². The van der Waals surface area contributed by atoms with Crippen LogP contribution in [0.15, 0.2) is 47.5 Å². The van der Waals surface area contributed by atoms with Crippen molar-refractivity contribution in [2.24, 2.45) is 10.8 Å². The number of allylic oxidation sites excluding steroid dienone is 2. The van der Waals surface area contributed by atoms with E-state index in [4.69, 9.17) is 4.74 Å². The monoisotopic (exact) mass is 492 g/mol. The summed E-state index contributed by atoms with van der Waals surface area (Å²) in [5, 5.41) is 0. The molecule has 4 aliphatic carbocycles. The number of benzene rings is 2. The third-order valence-electron chi connectivity index (χ3n) is 8.59. The van der Waals surface area contributed by atoms with E-state index >= 15 is 0 Å². The predicted octanol–water partition coefficient (Wildman–Crippen LogP) is 6.50. The smallest absolute Gasteiger partial charge is 0.392 e. The number of alkyl halides is 6. The van der Waals surface area contributed by atoms with Crippen molar-refractivity contribution in [3.05, 3.63) is 80.9 Å². The quantitative estimate of drug-likeness (QED) is 0.183. The fraction of sp³-hybridized carbons (Fsp3) is 0.385. The van der Waals surface area contributed by atoms with E-state index in [2.05, 4.69) is 0 Å². The first kappa shape index (κ1) is 22.4. The molecule has 1 saturated heterocycles. The highest BCUT2D eigenvalue weighted by molar-refractivity contribution is 6.06. The Hall–Kier alpha value is -3.10. The lowest BCUT2D eigenvalue weighted by Gasteiger charge is -2.60. The Morgan fingerprint density at radius 2 is 1.09 bits per heavy atom. The third-order valence-corrected chi connectivity index (χ3v) is 8.59. The second kappa shape index (κ2) is 6.36. The Labute approximate surface area is 195 Å². The molecule has 4 atom stereocenters. The van der Waals surface area contributed by atoms with Gasteiger partial charge in [0.15, 0.2) is 0 Å². The molecule has 0 unspecified atom stereocenters. The number of hydrogen-bond donors (Lipinski definition) is 0. The summed E-state index contributed by atoms with van der Waals surface area (Å²) in [4.78, 5) is 26.9. The summed E-state index contributed by atoms with van der Waals surface area (Å²) in [5.41, 5.74) is -3.90. The van der Waals surface area contributed by atoms with Gasteiger partial charge < -0.3 is 4.74 Å². The van der Waals surface area contributed by atoms with Gasteiger partial charge >= 0.3 is 24.3 Å². The average molecular weight is 492 g/mol. The minimum Gasteiger partial charge on any atom is -0.392 e. The lowest BCUT2D eigenvalue weighted by molar-refractivity contribution is -0.162. The molecule has 0 N–H and O–H groups in total. The molecule has 0 saturated carbocycles. The molecule has 9 heteroatoms. The Balaban J connectivity index is 1.78. The maximum absolute atomic E-state index is 13.9. The molecule has 1 heterocycles. The van der Waals surface area contributed by atoms with Crippen LogP contribution in [-0.2, 0) is 26.7 Å². The van der Waals surface area contributed by atoms with Crippen molar-refractivity contribution in [1.82, 2.24) is 0 Å². The van der Waals surface area contributed by atoms with E-state index in [1.807, 2.05) is 0 Å². The van der Waals surface area contributed by atoms with Gasteiger partial charge in [-0.3, -0.25) is 9.59 Å². The highest BCUT2D eigenvalue weighted by Crippen LogP contribution is 2.77. The van der Waals surface area contributed by atoms with Gasteiger partial charge in [-0.15, -0.1) is 0 Å². The lowest BCUT2D eigenvalue weighted by atomic mass is 9.37. The van der Waals surface area contributed by atoms with Gasteiger partial charge in [-0.25, -0.2) is 0 Å². The summed E-state index contributed by atoms with van der Waals surface area (Å²) >= 11 is 0. The second-order valence-electron chi connectivity index (χ2n) is 10.1. The van der Waals surface area contributed by atoms with Crippen molar-refractivity contribution in [2.45, 2.75) is 50.9 Å². The first-order valence-electron chi connectivity index (χ1n) is 11.1. The number of ether oxygens (including phenoxy) is 1. The molecule has 2 aromatic carbocycles. The summed E-state index contributed by atoms with van der Waals surface area (Å²) in [6, 6.07) is 7.78. The number of carbonyl (C=O) groups excluding carboxylic acids is 2. The van der Waals surface area contributed by atoms with Crippen LogP contribution >= 0.6 is 0 Å². The molecule has 35 heavy (non-hydrogen) atoms. The largest absolute Gasteiger partial charge is 0.417 e. The molecular formula is C26H18F6O3. The molecule has 182 valence electrons. The van der Waals surface area contributed by atoms with Crippen molar-refractivity contribution < 1.29 is 40.7 Å². The zero-order chi connectivity index (χ0) is 25.3. The third kappa shape index (κ3) is 2.44. The van der Waals surface area contributed by atoms with Crippen molar-refractivity contribution >= 4 is 11.9 Å². The molecule has 2 bridgehead atoms. The first-order valence-corrected chi connectivity index (χ1v) is 11.1. The van der Waals surface area contributed by atoms with Crippen LogP contribution in [0.25, 0.3) is 0 Å².